The average Bonchev–Trinajstić information content (AvgIpc) is 2.69. The van der Waals surface area contributed by atoms with Crippen molar-refractivity contribution in [3.8, 4) is 0 Å². The van der Waals surface area contributed by atoms with Crippen molar-refractivity contribution < 1.29 is 0 Å². The van der Waals surface area contributed by atoms with Crippen molar-refractivity contribution in [1.82, 2.24) is 20.4 Å². The summed E-state index contributed by atoms with van der Waals surface area (Å²) in [5.74, 6) is 0. The maximum atomic E-state index is 3.87. The van der Waals surface area contributed by atoms with Gasteiger partial charge in [0.05, 0.1) is 0 Å². The molecule has 2 N–H and O–H groups in total. The molecule has 2 saturated heterocycles. The first-order valence-corrected chi connectivity index (χ1v) is 15.7. The topological polar surface area (TPSA) is 30.5 Å². The highest BCUT2D eigenvalue weighted by atomic mass is 15.2. The monoisotopic (exact) mass is 507 g/mol. The van der Waals surface area contributed by atoms with Gasteiger partial charge in [-0.25, -0.2) is 0 Å². The molecule has 214 valence electrons. The smallest absolute Gasteiger partial charge is 0.0145 e. The third kappa shape index (κ3) is 11.3. The fourth-order valence-electron chi connectivity index (χ4n) is 7.92. The molecule has 0 amide bonds. The van der Waals surface area contributed by atoms with Gasteiger partial charge < -0.3 is 20.4 Å². The zero-order chi connectivity index (χ0) is 27.0. The van der Waals surface area contributed by atoms with Crippen LogP contribution in [0.4, 0.5) is 0 Å². The minimum absolute atomic E-state index is 0.240. The van der Waals surface area contributed by atoms with E-state index in [0.29, 0.717) is 0 Å². The van der Waals surface area contributed by atoms with Gasteiger partial charge in [0.2, 0.25) is 0 Å². The molecule has 0 aromatic rings. The van der Waals surface area contributed by atoms with Crippen LogP contribution in [0.15, 0.2) is 0 Å². The fraction of sp³-hybridized carbons (Fsp3) is 1.00. The van der Waals surface area contributed by atoms with Gasteiger partial charge in [0.15, 0.2) is 0 Å². The van der Waals surface area contributed by atoms with Crippen molar-refractivity contribution in [2.45, 2.75) is 181 Å². The van der Waals surface area contributed by atoms with Gasteiger partial charge in [-0.1, -0.05) is 39.5 Å². The van der Waals surface area contributed by atoms with Gasteiger partial charge in [-0.05, 0) is 133 Å². The van der Waals surface area contributed by atoms with E-state index in [-0.39, 0.29) is 22.2 Å². The van der Waals surface area contributed by atoms with Gasteiger partial charge in [0.25, 0.3) is 0 Å². The SMILES string of the molecule is CCCN(CCCCCCCCN(CCC)C1CC(C)(C)NC(C)(C)C1)C1CC(C)(C)NC(C)(C)C1. The predicted molar refractivity (Wildman–Crippen MR) is 160 cm³/mol. The van der Waals surface area contributed by atoms with Crippen LogP contribution in [0, 0.1) is 0 Å². The average molecular weight is 507 g/mol. The van der Waals surface area contributed by atoms with Gasteiger partial charge in [0.1, 0.15) is 0 Å². The third-order valence-electron chi connectivity index (χ3n) is 8.53. The van der Waals surface area contributed by atoms with Crippen LogP contribution in [0.3, 0.4) is 0 Å². The first-order chi connectivity index (χ1) is 16.7. The number of nitrogens with one attached hydrogen (secondary N) is 2. The van der Waals surface area contributed by atoms with E-state index >= 15 is 0 Å². The molecule has 0 aromatic carbocycles. The van der Waals surface area contributed by atoms with Crippen LogP contribution in [-0.4, -0.2) is 70.2 Å². The summed E-state index contributed by atoms with van der Waals surface area (Å²) in [5.41, 5.74) is 0.959. The molecule has 2 aliphatic heterocycles. The quantitative estimate of drug-likeness (QED) is 0.227. The molecule has 2 heterocycles. The van der Waals surface area contributed by atoms with E-state index in [9.17, 15) is 0 Å². The molecule has 2 fully saturated rings. The number of nitrogens with zero attached hydrogens (tertiary/aromatic N) is 2. The highest BCUT2D eigenvalue weighted by Gasteiger charge is 2.40. The summed E-state index contributed by atoms with van der Waals surface area (Å²) in [6, 6.07) is 1.45. The Labute approximate surface area is 227 Å². The van der Waals surface area contributed by atoms with E-state index in [2.05, 4.69) is 89.7 Å². The lowest BCUT2D eigenvalue weighted by Gasteiger charge is -2.50. The summed E-state index contributed by atoms with van der Waals surface area (Å²) < 4.78 is 0. The summed E-state index contributed by atoms with van der Waals surface area (Å²) in [7, 11) is 0. The summed E-state index contributed by atoms with van der Waals surface area (Å²) in [5, 5.41) is 7.73. The molecule has 0 radical (unpaired) electrons. The van der Waals surface area contributed by atoms with Crippen molar-refractivity contribution in [2.75, 3.05) is 26.2 Å². The molecule has 0 saturated carbocycles. The fourth-order valence-corrected chi connectivity index (χ4v) is 7.92. The number of rotatable bonds is 15. The normalized spacial score (nSPS) is 24.0. The Balaban J connectivity index is 1.69. The van der Waals surface area contributed by atoms with E-state index in [0.717, 1.165) is 12.1 Å². The van der Waals surface area contributed by atoms with Crippen LogP contribution in [-0.2, 0) is 0 Å². The Morgan fingerprint density at radius 2 is 0.750 bits per heavy atom. The van der Waals surface area contributed by atoms with E-state index in [1.54, 1.807) is 0 Å². The molecule has 0 aromatic heterocycles. The summed E-state index contributed by atoms with van der Waals surface area (Å²) >= 11 is 0. The van der Waals surface area contributed by atoms with Crippen LogP contribution in [0.5, 0.6) is 0 Å². The molecule has 4 nitrogen and oxygen atoms in total. The van der Waals surface area contributed by atoms with Crippen molar-refractivity contribution in [3.05, 3.63) is 0 Å². The van der Waals surface area contributed by atoms with Crippen LogP contribution < -0.4 is 10.6 Å². The molecule has 0 spiro atoms. The molecule has 0 atom stereocenters. The Morgan fingerprint density at radius 3 is 1.03 bits per heavy atom. The van der Waals surface area contributed by atoms with Crippen molar-refractivity contribution >= 4 is 0 Å². The van der Waals surface area contributed by atoms with Gasteiger partial charge in [-0.3, -0.25) is 0 Å². The molecule has 2 rings (SSSR count). The number of hydrogen-bond donors (Lipinski definition) is 2. The van der Waals surface area contributed by atoms with Crippen LogP contribution in [0.25, 0.3) is 0 Å². The summed E-state index contributed by atoms with van der Waals surface area (Å²) in [4.78, 5) is 5.66. The minimum Gasteiger partial charge on any atom is -0.307 e. The number of hydrogen-bond acceptors (Lipinski definition) is 4. The molecule has 0 aliphatic carbocycles. The standard InChI is InChI=1S/C32H66N4/c1-11-19-35(27-23-29(3,4)33-30(5,6)24-27)21-17-15-13-14-16-18-22-36(20-12-2)28-25-31(7,8)34-32(9,10)26-28/h27-28,33-34H,11-26H2,1-10H3. The highest BCUT2D eigenvalue weighted by molar-refractivity contribution is 5.01. The predicted octanol–water partition coefficient (Wildman–Crippen LogP) is 7.37. The van der Waals surface area contributed by atoms with Gasteiger partial charge in [-0.15, -0.1) is 0 Å². The van der Waals surface area contributed by atoms with Crippen LogP contribution >= 0.6 is 0 Å². The lowest BCUT2D eigenvalue weighted by molar-refractivity contribution is 0.0639. The van der Waals surface area contributed by atoms with Gasteiger partial charge >= 0.3 is 0 Å². The van der Waals surface area contributed by atoms with Crippen molar-refractivity contribution in [3.63, 3.8) is 0 Å². The first kappa shape index (κ1) is 32.1. The first-order valence-electron chi connectivity index (χ1n) is 15.7. The zero-order valence-electron chi connectivity index (χ0n) is 26.4. The van der Waals surface area contributed by atoms with E-state index < -0.39 is 0 Å². The summed E-state index contributed by atoms with van der Waals surface area (Å²) in [6.45, 7) is 28.9. The minimum atomic E-state index is 0.240. The maximum Gasteiger partial charge on any atom is 0.0145 e. The second-order valence-electron chi connectivity index (χ2n) is 15.1. The molecular weight excluding hydrogens is 440 g/mol. The molecule has 4 heteroatoms. The van der Waals surface area contributed by atoms with E-state index in [1.807, 2.05) is 0 Å². The van der Waals surface area contributed by atoms with Crippen molar-refractivity contribution in [1.29, 1.82) is 0 Å². The Kier molecular flexibility index (Phi) is 12.3. The lowest BCUT2D eigenvalue weighted by Crippen LogP contribution is -2.62. The van der Waals surface area contributed by atoms with Crippen LogP contribution in [0.1, 0.15) is 146 Å². The molecular formula is C32H66N4. The highest BCUT2D eigenvalue weighted by Crippen LogP contribution is 2.33. The largest absolute Gasteiger partial charge is 0.307 e. The Bertz CT molecular complexity index is 538. The van der Waals surface area contributed by atoms with Crippen molar-refractivity contribution in [2.24, 2.45) is 0 Å². The molecule has 36 heavy (non-hydrogen) atoms. The second kappa shape index (κ2) is 13.8. The number of piperidine rings is 2. The molecule has 0 bridgehead atoms. The molecule has 0 unspecified atom stereocenters. The Hall–Kier alpha value is -0.160. The van der Waals surface area contributed by atoms with E-state index in [4.69, 9.17) is 0 Å². The molecule has 2 aliphatic rings. The maximum absolute atomic E-state index is 3.87. The number of unbranched alkanes of at least 4 members (excludes halogenated alkanes) is 5. The second-order valence-corrected chi connectivity index (χ2v) is 15.1. The van der Waals surface area contributed by atoms with Gasteiger partial charge in [-0.2, -0.15) is 0 Å². The zero-order valence-corrected chi connectivity index (χ0v) is 26.4. The van der Waals surface area contributed by atoms with Gasteiger partial charge in [0, 0.05) is 34.2 Å². The Morgan fingerprint density at radius 1 is 0.472 bits per heavy atom. The third-order valence-corrected chi connectivity index (χ3v) is 8.53. The summed E-state index contributed by atoms with van der Waals surface area (Å²) in [6.07, 6.45) is 16.0. The van der Waals surface area contributed by atoms with E-state index in [1.165, 1.54) is 103 Å². The lowest BCUT2D eigenvalue weighted by atomic mass is 9.79. The van der Waals surface area contributed by atoms with Crippen LogP contribution in [0.2, 0.25) is 0 Å².